The summed E-state index contributed by atoms with van der Waals surface area (Å²) in [5, 5.41) is 3.68. The van der Waals surface area contributed by atoms with Crippen molar-refractivity contribution in [2.24, 2.45) is 0 Å². The van der Waals surface area contributed by atoms with Gasteiger partial charge in [-0.2, -0.15) is 0 Å². The van der Waals surface area contributed by atoms with Gasteiger partial charge in [0.1, 0.15) is 41.9 Å². The van der Waals surface area contributed by atoms with E-state index in [0.717, 1.165) is 12.8 Å². The molecule has 2 amide bonds. The fourth-order valence-electron chi connectivity index (χ4n) is 5.71. The lowest BCUT2D eigenvalue weighted by molar-refractivity contribution is -0.120. The largest absolute Gasteiger partial charge is 0.457 e. The zero-order valence-corrected chi connectivity index (χ0v) is 24.8. The van der Waals surface area contributed by atoms with Crippen molar-refractivity contribution in [2.45, 2.75) is 24.9 Å². The Morgan fingerprint density at radius 1 is 0.933 bits per heavy atom. The Morgan fingerprint density at radius 2 is 1.60 bits per heavy atom. The van der Waals surface area contributed by atoms with Gasteiger partial charge in [0, 0.05) is 36.2 Å². The molecule has 0 bridgehead atoms. The molecule has 1 aliphatic rings. The van der Waals surface area contributed by atoms with E-state index in [2.05, 4.69) is 22.4 Å². The summed E-state index contributed by atoms with van der Waals surface area (Å²) in [6.07, 6.45) is 2.30. The van der Waals surface area contributed by atoms with Crippen LogP contribution < -0.4 is 15.0 Å². The highest BCUT2D eigenvalue weighted by molar-refractivity contribution is 6.03. The highest BCUT2D eigenvalue weighted by Crippen LogP contribution is 2.25. The van der Waals surface area contributed by atoms with Gasteiger partial charge in [0.2, 0.25) is 5.91 Å². The van der Waals surface area contributed by atoms with Crippen LogP contribution in [-0.2, 0) is 22.4 Å². The van der Waals surface area contributed by atoms with Crippen LogP contribution in [-0.4, -0.2) is 60.2 Å². The number of H-pyrrole nitrogens is 1. The first-order valence-corrected chi connectivity index (χ1v) is 14.8. The van der Waals surface area contributed by atoms with Crippen molar-refractivity contribution in [3.05, 3.63) is 126 Å². The van der Waals surface area contributed by atoms with E-state index in [4.69, 9.17) is 4.74 Å². The maximum atomic E-state index is 14.5. The van der Waals surface area contributed by atoms with Crippen molar-refractivity contribution in [1.29, 1.82) is 0 Å². The molecule has 1 atom stereocenters. The number of benzene rings is 4. The number of anilines is 1. The molecule has 0 aliphatic heterocycles. The second-order valence-electron chi connectivity index (χ2n) is 11.2. The molecule has 45 heavy (non-hydrogen) atoms. The van der Waals surface area contributed by atoms with Crippen molar-refractivity contribution >= 4 is 34.7 Å². The van der Waals surface area contributed by atoms with Gasteiger partial charge in [-0.15, -0.1) is 0 Å². The zero-order valence-electron chi connectivity index (χ0n) is 24.8. The van der Waals surface area contributed by atoms with E-state index >= 15 is 0 Å². The number of nitrogens with one attached hydrogen (secondary N) is 2. The number of likely N-dealkylation sites (N-methyl/N-ethyl adjacent to an activating group) is 1. The quantitative estimate of drug-likeness (QED) is 0.194. The third kappa shape index (κ3) is 6.63. The van der Waals surface area contributed by atoms with Gasteiger partial charge in [0.15, 0.2) is 0 Å². The second-order valence-corrected chi connectivity index (χ2v) is 11.2. The molecule has 5 aromatic rings. The number of amides is 2. The Morgan fingerprint density at radius 3 is 2.27 bits per heavy atom. The average Bonchev–Trinajstić information content (AvgIpc) is 3.70. The lowest BCUT2D eigenvalue weighted by Crippen LogP contribution is -2.52. The van der Waals surface area contributed by atoms with Crippen LogP contribution in [0.25, 0.3) is 10.9 Å². The van der Waals surface area contributed by atoms with Gasteiger partial charge in [-0.1, -0.05) is 48.5 Å². The molecule has 8 nitrogen and oxygen atoms in total. The molecule has 1 heterocycles. The van der Waals surface area contributed by atoms with Crippen LogP contribution in [0.3, 0.4) is 0 Å². The first-order valence-electron chi connectivity index (χ1n) is 14.8. The monoisotopic (exact) mass is 604 g/mol. The number of aromatic amines is 1. The molecule has 228 valence electrons. The predicted octanol–water partition coefficient (Wildman–Crippen LogP) is 5.53. The Balaban J connectivity index is 1.20. The molecule has 0 saturated heterocycles. The van der Waals surface area contributed by atoms with Crippen molar-refractivity contribution in [2.75, 3.05) is 25.0 Å². The number of fused-ring (bicyclic) bond motifs is 2. The van der Waals surface area contributed by atoms with Crippen LogP contribution in [0.15, 0.2) is 103 Å². The first-order chi connectivity index (χ1) is 21.9. The third-order valence-corrected chi connectivity index (χ3v) is 8.21. The van der Waals surface area contributed by atoms with Gasteiger partial charge in [-0.05, 0) is 78.6 Å². The average molecular weight is 605 g/mol. The van der Waals surface area contributed by atoms with Crippen LogP contribution in [0.1, 0.15) is 21.6 Å². The predicted molar refractivity (Wildman–Crippen MR) is 171 cm³/mol. The van der Waals surface area contributed by atoms with Crippen LogP contribution in [0.4, 0.5) is 10.1 Å². The van der Waals surface area contributed by atoms with Gasteiger partial charge < -0.3 is 29.6 Å². The molecule has 1 aromatic heterocycles. The topological polar surface area (TPSA) is 94.7 Å². The summed E-state index contributed by atoms with van der Waals surface area (Å²) in [6, 6.07) is 29.7. The summed E-state index contributed by atoms with van der Waals surface area (Å²) in [6.45, 7) is -0.212. The first kappa shape index (κ1) is 29.8. The molecule has 0 radical (unpaired) electrons. The molecule has 1 unspecified atom stereocenters. The van der Waals surface area contributed by atoms with Gasteiger partial charge in [0.05, 0.1) is 0 Å². The second kappa shape index (κ2) is 13.2. The SMILES string of the molecule is CN(C(=O)CN(C(=O)c1cc2c(F)cccc2[nH]1)C(C=O)CNC1Cc2ccccc2C1)c1ccc(Oc2ccccc2)cc1. The maximum absolute atomic E-state index is 14.5. The Kier molecular flexibility index (Phi) is 8.70. The summed E-state index contributed by atoms with van der Waals surface area (Å²) < 4.78 is 20.3. The Bertz CT molecular complexity index is 1800. The zero-order chi connectivity index (χ0) is 31.3. The smallest absolute Gasteiger partial charge is 0.271 e. The molecule has 9 heteroatoms. The molecule has 2 N–H and O–H groups in total. The third-order valence-electron chi connectivity index (χ3n) is 8.21. The number of ether oxygens (including phenoxy) is 1. The molecule has 1 aliphatic carbocycles. The van der Waals surface area contributed by atoms with E-state index < -0.39 is 23.7 Å². The van der Waals surface area contributed by atoms with E-state index in [1.807, 2.05) is 42.5 Å². The number of hydrogen-bond donors (Lipinski definition) is 2. The van der Waals surface area contributed by atoms with Crippen LogP contribution in [0, 0.1) is 5.82 Å². The highest BCUT2D eigenvalue weighted by Gasteiger charge is 2.31. The van der Waals surface area contributed by atoms with Crippen LogP contribution in [0.5, 0.6) is 11.5 Å². The molecule has 0 saturated carbocycles. The molecule has 0 fully saturated rings. The summed E-state index contributed by atoms with van der Waals surface area (Å²) >= 11 is 0. The number of halogens is 1. The van der Waals surface area contributed by atoms with Crippen LogP contribution in [0.2, 0.25) is 0 Å². The number of hydrogen-bond acceptors (Lipinski definition) is 5. The van der Waals surface area contributed by atoms with Gasteiger partial charge in [-0.3, -0.25) is 9.59 Å². The lowest BCUT2D eigenvalue weighted by atomic mass is 10.1. The standard InChI is InChI=1S/C36H33FN4O4/c1-40(27-14-16-30(17-15-27)45-29-10-3-2-4-11-29)35(43)22-41(36(44)34-20-31-32(37)12-7-13-33(31)39-34)28(23-42)21-38-26-18-24-8-5-6-9-25(24)19-26/h2-17,20,23,26,28,38-39H,18-19,21-22H2,1H3. The summed E-state index contributed by atoms with van der Waals surface area (Å²) in [5.41, 5.74) is 3.63. The van der Waals surface area contributed by atoms with Gasteiger partial charge in [0.25, 0.3) is 5.91 Å². The summed E-state index contributed by atoms with van der Waals surface area (Å²) in [5.74, 6) is -0.153. The van der Waals surface area contributed by atoms with Crippen LogP contribution >= 0.6 is 0 Å². The van der Waals surface area contributed by atoms with Crippen molar-refractivity contribution in [3.63, 3.8) is 0 Å². The van der Waals surface area contributed by atoms with E-state index in [9.17, 15) is 18.8 Å². The minimum Gasteiger partial charge on any atom is -0.457 e. The van der Waals surface area contributed by atoms with Crippen molar-refractivity contribution in [3.8, 4) is 11.5 Å². The fraction of sp³-hybridized carbons (Fsp3) is 0.194. The van der Waals surface area contributed by atoms with Crippen molar-refractivity contribution < 1.29 is 23.5 Å². The molecular formula is C36H33FN4O4. The molecule has 6 rings (SSSR count). The normalized spacial score (nSPS) is 13.3. The van der Waals surface area contributed by atoms with Gasteiger partial charge >= 0.3 is 0 Å². The lowest BCUT2D eigenvalue weighted by Gasteiger charge is -2.30. The summed E-state index contributed by atoms with van der Waals surface area (Å²) in [7, 11) is 1.61. The molecule has 0 spiro atoms. The maximum Gasteiger partial charge on any atom is 0.271 e. The number of rotatable bonds is 11. The number of aldehydes is 1. The number of carbonyl (C=O) groups is 3. The van der Waals surface area contributed by atoms with E-state index in [0.29, 0.717) is 29.0 Å². The molecular weight excluding hydrogens is 571 g/mol. The number of carbonyl (C=O) groups excluding carboxylic acids is 3. The van der Waals surface area contributed by atoms with E-state index in [-0.39, 0.29) is 30.2 Å². The number of aromatic nitrogens is 1. The minimum absolute atomic E-state index is 0.0908. The number of para-hydroxylation sites is 1. The van der Waals surface area contributed by atoms with E-state index in [1.54, 1.807) is 43.4 Å². The fourth-order valence-corrected chi connectivity index (χ4v) is 5.71. The Hall–Kier alpha value is -5.28. The molecule has 4 aromatic carbocycles. The van der Waals surface area contributed by atoms with Gasteiger partial charge in [-0.25, -0.2) is 4.39 Å². The highest BCUT2D eigenvalue weighted by atomic mass is 19.1. The van der Waals surface area contributed by atoms with E-state index in [1.165, 1.54) is 33.1 Å². The summed E-state index contributed by atoms with van der Waals surface area (Å²) in [4.78, 5) is 45.7. The number of nitrogens with zero attached hydrogens (tertiary/aromatic N) is 2. The Labute approximate surface area is 260 Å². The minimum atomic E-state index is -0.948. The van der Waals surface area contributed by atoms with Crippen molar-refractivity contribution in [1.82, 2.24) is 15.2 Å².